The van der Waals surface area contributed by atoms with Crippen LogP contribution in [-0.4, -0.2) is 21.4 Å². The predicted octanol–water partition coefficient (Wildman–Crippen LogP) is 3.28. The van der Waals surface area contributed by atoms with E-state index < -0.39 is 15.9 Å². The molecular formula is C20H18N2O3S. The zero-order valence-corrected chi connectivity index (χ0v) is 15.0. The third-order valence-electron chi connectivity index (χ3n) is 4.12. The number of hydrogen-bond acceptors (Lipinski definition) is 3. The van der Waals surface area contributed by atoms with E-state index in [0.717, 1.165) is 9.87 Å². The summed E-state index contributed by atoms with van der Waals surface area (Å²) in [6.45, 7) is 0. The number of primary amides is 1. The molecule has 0 heterocycles. The number of carbonyl (C=O) groups is 1. The van der Waals surface area contributed by atoms with Crippen LogP contribution in [0.3, 0.4) is 0 Å². The molecule has 3 aromatic carbocycles. The molecule has 0 aliphatic heterocycles. The molecule has 26 heavy (non-hydrogen) atoms. The average molecular weight is 366 g/mol. The highest BCUT2D eigenvalue weighted by molar-refractivity contribution is 7.93. The van der Waals surface area contributed by atoms with Crippen LogP contribution < -0.4 is 10.0 Å². The third kappa shape index (κ3) is 3.19. The molecule has 2 N–H and O–H groups in total. The lowest BCUT2D eigenvalue weighted by molar-refractivity contribution is 0.100. The quantitative estimate of drug-likeness (QED) is 0.752. The first kappa shape index (κ1) is 17.7. The molecule has 0 saturated heterocycles. The van der Waals surface area contributed by atoms with E-state index in [2.05, 4.69) is 0 Å². The maximum Gasteiger partial charge on any atom is 0.264 e. The highest BCUT2D eigenvalue weighted by Crippen LogP contribution is 2.32. The molecule has 0 fully saturated rings. The number of rotatable bonds is 5. The molecule has 132 valence electrons. The van der Waals surface area contributed by atoms with E-state index >= 15 is 0 Å². The summed E-state index contributed by atoms with van der Waals surface area (Å²) in [6.07, 6.45) is 0. The number of amides is 1. The van der Waals surface area contributed by atoms with E-state index in [4.69, 9.17) is 5.73 Å². The normalized spacial score (nSPS) is 11.1. The fourth-order valence-electron chi connectivity index (χ4n) is 2.78. The average Bonchev–Trinajstić information content (AvgIpc) is 2.68. The summed E-state index contributed by atoms with van der Waals surface area (Å²) < 4.78 is 27.6. The van der Waals surface area contributed by atoms with Crippen LogP contribution in [0.4, 0.5) is 5.69 Å². The van der Waals surface area contributed by atoms with Crippen molar-refractivity contribution in [2.24, 2.45) is 5.73 Å². The van der Waals surface area contributed by atoms with Crippen molar-refractivity contribution in [1.82, 2.24) is 0 Å². The number of anilines is 1. The predicted molar refractivity (Wildman–Crippen MR) is 102 cm³/mol. The van der Waals surface area contributed by atoms with Gasteiger partial charge in [0, 0.05) is 12.6 Å². The second kappa shape index (κ2) is 7.01. The van der Waals surface area contributed by atoms with Gasteiger partial charge in [0.05, 0.1) is 16.1 Å². The van der Waals surface area contributed by atoms with Crippen LogP contribution >= 0.6 is 0 Å². The molecule has 0 aliphatic rings. The van der Waals surface area contributed by atoms with Gasteiger partial charge in [-0.15, -0.1) is 0 Å². The minimum Gasteiger partial charge on any atom is -0.366 e. The standard InChI is InChI=1S/C20H18N2O3S/c1-22(18-13-7-5-12-17(18)20(21)23)26(24,25)19-14-8-6-11-16(19)15-9-3-2-4-10-15/h2-14H,1H3,(H2,21,23). The van der Waals surface area contributed by atoms with Gasteiger partial charge < -0.3 is 5.73 Å². The van der Waals surface area contributed by atoms with Crippen LogP contribution in [0.2, 0.25) is 0 Å². The fourth-order valence-corrected chi connectivity index (χ4v) is 4.21. The van der Waals surface area contributed by atoms with E-state index in [9.17, 15) is 13.2 Å². The van der Waals surface area contributed by atoms with Gasteiger partial charge in [0.1, 0.15) is 0 Å². The van der Waals surface area contributed by atoms with Gasteiger partial charge in [0.15, 0.2) is 0 Å². The van der Waals surface area contributed by atoms with E-state index in [1.54, 1.807) is 42.5 Å². The lowest BCUT2D eigenvalue weighted by Crippen LogP contribution is -2.29. The Hall–Kier alpha value is -3.12. The maximum atomic E-state index is 13.3. The molecule has 6 heteroatoms. The zero-order valence-electron chi connectivity index (χ0n) is 14.2. The van der Waals surface area contributed by atoms with Gasteiger partial charge in [-0.3, -0.25) is 9.10 Å². The first-order valence-electron chi connectivity index (χ1n) is 7.95. The van der Waals surface area contributed by atoms with Gasteiger partial charge in [-0.2, -0.15) is 0 Å². The van der Waals surface area contributed by atoms with E-state index in [0.29, 0.717) is 5.56 Å². The molecule has 3 aromatic rings. The number of benzene rings is 3. The van der Waals surface area contributed by atoms with Crippen LogP contribution in [0.25, 0.3) is 11.1 Å². The first-order valence-corrected chi connectivity index (χ1v) is 9.39. The van der Waals surface area contributed by atoms with Crippen LogP contribution in [-0.2, 0) is 10.0 Å². The van der Waals surface area contributed by atoms with Crippen molar-refractivity contribution in [2.75, 3.05) is 11.4 Å². The molecular weight excluding hydrogens is 348 g/mol. The number of sulfonamides is 1. The summed E-state index contributed by atoms with van der Waals surface area (Å²) in [6, 6.07) is 22.4. The highest BCUT2D eigenvalue weighted by atomic mass is 32.2. The van der Waals surface area contributed by atoms with Crippen LogP contribution in [0, 0.1) is 0 Å². The molecule has 0 aliphatic carbocycles. The Balaban J connectivity index is 2.15. The molecule has 3 rings (SSSR count). The zero-order chi connectivity index (χ0) is 18.7. The van der Waals surface area contributed by atoms with Crippen molar-refractivity contribution in [3.05, 3.63) is 84.4 Å². The lowest BCUT2D eigenvalue weighted by Gasteiger charge is -2.23. The second-order valence-electron chi connectivity index (χ2n) is 5.72. The van der Waals surface area contributed by atoms with E-state index in [1.807, 2.05) is 30.3 Å². The molecule has 0 atom stereocenters. The van der Waals surface area contributed by atoms with Gasteiger partial charge in [-0.05, 0) is 23.8 Å². The summed E-state index contributed by atoms with van der Waals surface area (Å²) in [5.74, 6) is -0.681. The van der Waals surface area contributed by atoms with Gasteiger partial charge in [0.25, 0.3) is 15.9 Å². The number of hydrogen-bond donors (Lipinski definition) is 1. The number of nitrogens with zero attached hydrogens (tertiary/aromatic N) is 1. The van der Waals surface area contributed by atoms with Crippen molar-refractivity contribution in [3.63, 3.8) is 0 Å². The maximum absolute atomic E-state index is 13.3. The van der Waals surface area contributed by atoms with E-state index in [-0.39, 0.29) is 16.1 Å². The molecule has 0 spiro atoms. The van der Waals surface area contributed by atoms with E-state index in [1.165, 1.54) is 13.1 Å². The monoisotopic (exact) mass is 366 g/mol. The molecule has 0 bridgehead atoms. The van der Waals surface area contributed by atoms with Crippen molar-refractivity contribution in [1.29, 1.82) is 0 Å². The van der Waals surface area contributed by atoms with Gasteiger partial charge in [0.2, 0.25) is 0 Å². The highest BCUT2D eigenvalue weighted by Gasteiger charge is 2.26. The Labute approximate surface area is 152 Å². The molecule has 0 radical (unpaired) electrons. The van der Waals surface area contributed by atoms with Crippen LogP contribution in [0.1, 0.15) is 10.4 Å². The molecule has 0 aromatic heterocycles. The lowest BCUT2D eigenvalue weighted by atomic mass is 10.1. The number of nitrogens with two attached hydrogens (primary N) is 1. The molecule has 1 amide bonds. The van der Waals surface area contributed by atoms with Gasteiger partial charge in [-0.1, -0.05) is 60.7 Å². The number of para-hydroxylation sites is 1. The molecule has 0 unspecified atom stereocenters. The first-order chi connectivity index (χ1) is 12.4. The van der Waals surface area contributed by atoms with Gasteiger partial charge >= 0.3 is 0 Å². The molecule has 5 nitrogen and oxygen atoms in total. The Bertz CT molecular complexity index is 1050. The summed E-state index contributed by atoms with van der Waals surface area (Å²) in [5.41, 5.74) is 7.17. The fraction of sp³-hybridized carbons (Fsp3) is 0.0500. The topological polar surface area (TPSA) is 80.5 Å². The van der Waals surface area contributed by atoms with Crippen molar-refractivity contribution in [2.45, 2.75) is 4.90 Å². The SMILES string of the molecule is CN(c1ccccc1C(N)=O)S(=O)(=O)c1ccccc1-c1ccccc1. The van der Waals surface area contributed by atoms with Crippen LogP contribution in [0.5, 0.6) is 0 Å². The largest absolute Gasteiger partial charge is 0.366 e. The van der Waals surface area contributed by atoms with Crippen LogP contribution in [0.15, 0.2) is 83.8 Å². The summed E-state index contributed by atoms with van der Waals surface area (Å²) >= 11 is 0. The minimum atomic E-state index is -3.90. The third-order valence-corrected chi connectivity index (χ3v) is 5.95. The van der Waals surface area contributed by atoms with Crippen molar-refractivity contribution < 1.29 is 13.2 Å². The van der Waals surface area contributed by atoms with Gasteiger partial charge in [-0.25, -0.2) is 8.42 Å². The van der Waals surface area contributed by atoms with Crippen molar-refractivity contribution >= 4 is 21.6 Å². The second-order valence-corrected chi connectivity index (χ2v) is 7.65. The Morgan fingerprint density at radius 3 is 2.12 bits per heavy atom. The number of carbonyl (C=O) groups excluding carboxylic acids is 1. The van der Waals surface area contributed by atoms with Crippen molar-refractivity contribution in [3.8, 4) is 11.1 Å². The Kier molecular flexibility index (Phi) is 4.77. The Morgan fingerprint density at radius 1 is 0.846 bits per heavy atom. The summed E-state index contributed by atoms with van der Waals surface area (Å²) in [5, 5.41) is 0. The summed E-state index contributed by atoms with van der Waals surface area (Å²) in [4.78, 5) is 11.8. The Morgan fingerprint density at radius 2 is 1.42 bits per heavy atom. The molecule has 0 saturated carbocycles. The smallest absolute Gasteiger partial charge is 0.264 e. The summed E-state index contributed by atoms with van der Waals surface area (Å²) in [7, 11) is -2.49. The minimum absolute atomic E-state index is 0.149.